The lowest BCUT2D eigenvalue weighted by atomic mass is 10.7. The van der Waals surface area contributed by atoms with Gasteiger partial charge in [-0.3, -0.25) is 4.57 Å². The molecule has 92 valence electrons. The van der Waals surface area contributed by atoms with Gasteiger partial charge in [0.2, 0.25) is 0 Å². The average Bonchev–Trinajstić information content (AvgIpc) is 2.16. The molecule has 4 nitrogen and oxygen atoms in total. The number of hydrogen-bond donors (Lipinski definition) is 3. The molecule has 0 aromatic heterocycles. The van der Waals surface area contributed by atoms with Gasteiger partial charge in [-0.15, -0.1) is 0 Å². The summed E-state index contributed by atoms with van der Waals surface area (Å²) < 4.78 is 6.34. The fourth-order valence-electron chi connectivity index (χ4n) is 1.89. The summed E-state index contributed by atoms with van der Waals surface area (Å²) in [7, 11) is 0.952. The zero-order valence-corrected chi connectivity index (χ0v) is 13.4. The first-order valence-corrected chi connectivity index (χ1v) is 11.2. The number of rotatable bonds is 7. The van der Waals surface area contributed by atoms with E-state index in [1.807, 2.05) is 14.1 Å². The van der Waals surface area contributed by atoms with Crippen molar-refractivity contribution in [1.82, 2.24) is 19.2 Å². The summed E-state index contributed by atoms with van der Waals surface area (Å²) in [4.78, 5) is 7.00. The van der Waals surface area contributed by atoms with Crippen molar-refractivity contribution in [1.29, 1.82) is 0 Å². The molecule has 0 aliphatic heterocycles. The van der Waals surface area contributed by atoms with Gasteiger partial charge in [0.25, 0.3) is 0 Å². The third-order valence-electron chi connectivity index (χ3n) is 2.52. The molecule has 15 heavy (non-hydrogen) atoms. The predicted molar refractivity (Wildman–Crippen MR) is 73.3 cm³/mol. The van der Waals surface area contributed by atoms with E-state index >= 15 is 0 Å². The van der Waals surface area contributed by atoms with Crippen LogP contribution in [0.4, 0.5) is 0 Å². The minimum absolute atomic E-state index is 1.07. The third-order valence-corrected chi connectivity index (χ3v) is 9.99. The summed E-state index contributed by atoms with van der Waals surface area (Å²) in [5.41, 5.74) is 0. The van der Waals surface area contributed by atoms with Crippen molar-refractivity contribution >= 4 is 17.0 Å². The van der Waals surface area contributed by atoms with Crippen LogP contribution < -0.4 is 14.6 Å². The molecule has 0 fully saturated rings. The molecule has 0 aromatic carbocycles. The minimum atomic E-state index is -1.86. The summed E-state index contributed by atoms with van der Waals surface area (Å²) in [6.07, 6.45) is 0. The maximum absolute atomic E-state index is 3.85. The molecule has 0 saturated carbocycles. The fourth-order valence-corrected chi connectivity index (χ4v) is 9.69. The van der Waals surface area contributed by atoms with Crippen LogP contribution >= 0.6 is 0 Å². The lowest BCUT2D eigenvalue weighted by Crippen LogP contribution is -2.83. The smallest absolute Gasteiger partial charge is 0.322 e. The van der Waals surface area contributed by atoms with E-state index < -0.39 is 17.0 Å². The summed E-state index contributed by atoms with van der Waals surface area (Å²) in [5.74, 6) is 0. The summed E-state index contributed by atoms with van der Waals surface area (Å²) in [5, 5.41) is 0. The van der Waals surface area contributed by atoms with Crippen molar-refractivity contribution in [2.45, 2.75) is 33.5 Å². The molecule has 0 saturated heterocycles. The first kappa shape index (κ1) is 15.3. The summed E-state index contributed by atoms with van der Waals surface area (Å²) >= 11 is 0. The molecule has 0 heterocycles. The van der Waals surface area contributed by atoms with Crippen molar-refractivity contribution in [2.75, 3.05) is 27.2 Å². The van der Waals surface area contributed by atoms with Crippen LogP contribution in [0.15, 0.2) is 0 Å². The lowest BCUT2D eigenvalue weighted by molar-refractivity contribution is 0.433. The Hall–Kier alpha value is 0.274. The molecule has 0 aromatic rings. The van der Waals surface area contributed by atoms with E-state index in [0.29, 0.717) is 0 Å². The predicted octanol–water partition coefficient (Wildman–Crippen LogP) is 0.627. The number of nitrogens with one attached hydrogen (secondary N) is 3. The minimum Gasteiger partial charge on any atom is -0.322 e. The first-order chi connectivity index (χ1) is 6.85. The van der Waals surface area contributed by atoms with E-state index in [2.05, 4.69) is 52.7 Å². The fraction of sp³-hybridized carbons (Fsp3) is 1.00. The van der Waals surface area contributed by atoms with E-state index in [9.17, 15) is 0 Å². The number of nitrogens with zero attached hydrogens (tertiary/aromatic N) is 1. The van der Waals surface area contributed by atoms with E-state index in [-0.39, 0.29) is 0 Å². The Morgan fingerprint density at radius 2 is 1.33 bits per heavy atom. The van der Waals surface area contributed by atoms with Crippen LogP contribution in [0.25, 0.3) is 0 Å². The molecule has 0 aliphatic rings. The van der Waals surface area contributed by atoms with Gasteiger partial charge in [-0.2, -0.15) is 0 Å². The molecule has 0 rings (SSSR count). The molecule has 0 atom stereocenters. The second-order valence-corrected chi connectivity index (χ2v) is 13.3. The largest absolute Gasteiger partial charge is 0.361 e. The van der Waals surface area contributed by atoms with Gasteiger partial charge < -0.3 is 14.6 Å². The molecule has 0 unspecified atom stereocenters. The van der Waals surface area contributed by atoms with E-state index in [4.69, 9.17) is 0 Å². The highest BCUT2D eigenvalue weighted by Gasteiger charge is 2.40. The molecule has 0 amide bonds. The van der Waals surface area contributed by atoms with Crippen LogP contribution in [0.2, 0.25) is 19.6 Å². The molecule has 6 heteroatoms. The lowest BCUT2D eigenvalue weighted by Gasteiger charge is -2.43. The Morgan fingerprint density at radius 1 is 0.933 bits per heavy atom. The SMILES string of the molecule is CCN(CC)[Si](NC)(NC)N[Si](C)(C)C. The van der Waals surface area contributed by atoms with Gasteiger partial charge in [-0.25, -0.2) is 0 Å². The molecule has 0 aliphatic carbocycles. The second kappa shape index (κ2) is 6.12. The van der Waals surface area contributed by atoms with Gasteiger partial charge in [0, 0.05) is 0 Å². The molecule has 0 radical (unpaired) electrons. The molecule has 0 bridgehead atoms. The van der Waals surface area contributed by atoms with Crippen LogP contribution in [-0.2, 0) is 0 Å². The third kappa shape index (κ3) is 4.33. The van der Waals surface area contributed by atoms with E-state index in [0.717, 1.165) is 13.1 Å². The van der Waals surface area contributed by atoms with Crippen molar-refractivity contribution < 1.29 is 0 Å². The topological polar surface area (TPSA) is 39.3 Å². The Bertz CT molecular complexity index is 173. The highest BCUT2D eigenvalue weighted by atomic mass is 28.4. The van der Waals surface area contributed by atoms with Crippen LogP contribution in [0.5, 0.6) is 0 Å². The average molecular weight is 249 g/mol. The first-order valence-electron chi connectivity index (χ1n) is 5.77. The Balaban J connectivity index is 4.85. The van der Waals surface area contributed by atoms with Crippen molar-refractivity contribution in [3.63, 3.8) is 0 Å². The Morgan fingerprint density at radius 3 is 1.53 bits per heavy atom. The Labute approximate surface area is 97.2 Å². The molecular formula is C9H28N4Si2. The van der Waals surface area contributed by atoms with Gasteiger partial charge in [0.05, 0.1) is 0 Å². The molecule has 0 spiro atoms. The normalized spacial score (nSPS) is 13.6. The second-order valence-electron chi connectivity index (χ2n) is 4.76. The standard InChI is InChI=1S/C9H28N4Si2/c1-8-13(9-2)15(10-3,11-4)12-14(5,6)7/h10-12H,8-9H2,1-7H3. The van der Waals surface area contributed by atoms with Crippen LogP contribution in [0.3, 0.4) is 0 Å². The summed E-state index contributed by atoms with van der Waals surface area (Å²) in [6.45, 7) is 13.6. The highest BCUT2D eigenvalue weighted by Crippen LogP contribution is 2.04. The zero-order valence-electron chi connectivity index (χ0n) is 11.4. The van der Waals surface area contributed by atoms with E-state index in [1.54, 1.807) is 0 Å². The molecular weight excluding hydrogens is 220 g/mol. The van der Waals surface area contributed by atoms with Gasteiger partial charge in [-0.05, 0) is 27.2 Å². The van der Waals surface area contributed by atoms with Crippen LogP contribution in [0, 0.1) is 0 Å². The maximum atomic E-state index is 3.85. The van der Waals surface area contributed by atoms with Gasteiger partial charge >= 0.3 is 8.72 Å². The van der Waals surface area contributed by atoms with Gasteiger partial charge in [-0.1, -0.05) is 33.5 Å². The van der Waals surface area contributed by atoms with Gasteiger partial charge in [0.1, 0.15) is 8.24 Å². The summed E-state index contributed by atoms with van der Waals surface area (Å²) in [6, 6.07) is 0. The Kier molecular flexibility index (Phi) is 6.23. The monoisotopic (exact) mass is 248 g/mol. The van der Waals surface area contributed by atoms with Crippen LogP contribution in [0.1, 0.15) is 13.8 Å². The molecule has 3 N–H and O–H groups in total. The van der Waals surface area contributed by atoms with Crippen LogP contribution in [-0.4, -0.2) is 48.7 Å². The van der Waals surface area contributed by atoms with Crippen molar-refractivity contribution in [3.8, 4) is 0 Å². The van der Waals surface area contributed by atoms with Crippen molar-refractivity contribution in [2.24, 2.45) is 0 Å². The van der Waals surface area contributed by atoms with Crippen molar-refractivity contribution in [3.05, 3.63) is 0 Å². The highest BCUT2D eigenvalue weighted by molar-refractivity contribution is 6.88. The van der Waals surface area contributed by atoms with E-state index in [1.165, 1.54) is 0 Å². The maximum Gasteiger partial charge on any atom is 0.361 e. The quantitative estimate of drug-likeness (QED) is 0.578. The van der Waals surface area contributed by atoms with Gasteiger partial charge in [0.15, 0.2) is 0 Å². The zero-order chi connectivity index (χ0) is 12.1. The number of hydrogen-bond acceptors (Lipinski definition) is 4.